The zero-order valence-electron chi connectivity index (χ0n) is 22.1. The maximum absolute atomic E-state index is 6.56. The van der Waals surface area contributed by atoms with Gasteiger partial charge in [0.25, 0.3) is 0 Å². The molecule has 0 amide bonds. The number of nitrogens with two attached hydrogens (primary N) is 1. The van der Waals surface area contributed by atoms with Gasteiger partial charge in [-0.25, -0.2) is 4.68 Å². The van der Waals surface area contributed by atoms with E-state index in [2.05, 4.69) is 115 Å². The second kappa shape index (κ2) is 8.73. The zero-order valence-corrected chi connectivity index (χ0v) is 22.9. The van der Waals surface area contributed by atoms with E-state index >= 15 is 0 Å². The largest absolute Gasteiger partial charge is 0.398 e. The molecule has 4 heteroatoms. The predicted octanol–water partition coefficient (Wildman–Crippen LogP) is 8.69. The van der Waals surface area contributed by atoms with E-state index in [-0.39, 0.29) is 5.41 Å². The monoisotopic (exact) mass is 533 g/mol. The molecule has 0 saturated heterocycles. The first-order chi connectivity index (χ1) is 19.6. The lowest BCUT2D eigenvalue weighted by Gasteiger charge is -2.29. The van der Waals surface area contributed by atoms with Crippen LogP contribution in [-0.2, 0) is 5.41 Å². The number of nitrogen functional groups attached to an aromatic ring is 1. The summed E-state index contributed by atoms with van der Waals surface area (Å²) < 4.78 is 2.17. The van der Waals surface area contributed by atoms with E-state index in [9.17, 15) is 0 Å². The Labute approximate surface area is 237 Å². The minimum atomic E-state index is -0.109. The van der Waals surface area contributed by atoms with Gasteiger partial charge in [-0.15, -0.1) is 11.8 Å². The van der Waals surface area contributed by atoms with Gasteiger partial charge >= 0.3 is 0 Å². The molecule has 0 spiro atoms. The fourth-order valence-electron chi connectivity index (χ4n) is 6.51. The first-order valence-corrected chi connectivity index (χ1v) is 14.5. The summed E-state index contributed by atoms with van der Waals surface area (Å²) in [5, 5.41) is 10.9. The summed E-state index contributed by atoms with van der Waals surface area (Å²) in [7, 11) is 0. The highest BCUT2D eigenvalue weighted by Gasteiger charge is 2.45. The molecule has 2 unspecified atom stereocenters. The summed E-state index contributed by atoms with van der Waals surface area (Å²) in [6, 6.07) is 35.9. The molecule has 3 nitrogen and oxygen atoms in total. The van der Waals surface area contributed by atoms with Crippen molar-refractivity contribution in [1.82, 2.24) is 4.68 Å². The summed E-state index contributed by atoms with van der Waals surface area (Å²) in [6.07, 6.45) is 9.14. The lowest BCUT2D eigenvalue weighted by Crippen LogP contribution is -2.28. The van der Waals surface area contributed by atoms with Gasteiger partial charge in [-0.05, 0) is 23.1 Å². The Morgan fingerprint density at radius 1 is 0.800 bits per heavy atom. The number of hydrogen-bond acceptors (Lipinski definition) is 3. The summed E-state index contributed by atoms with van der Waals surface area (Å²) in [4.78, 5) is 1.38. The zero-order chi connectivity index (χ0) is 26.8. The van der Waals surface area contributed by atoms with Gasteiger partial charge in [0.1, 0.15) is 5.71 Å². The van der Waals surface area contributed by atoms with Crippen LogP contribution in [0.15, 0.2) is 137 Å². The minimum Gasteiger partial charge on any atom is -0.398 e. The highest BCUT2D eigenvalue weighted by molar-refractivity contribution is 8.00. The van der Waals surface area contributed by atoms with E-state index < -0.39 is 0 Å². The molecule has 8 rings (SSSR count). The van der Waals surface area contributed by atoms with Gasteiger partial charge in [0.2, 0.25) is 0 Å². The van der Waals surface area contributed by atoms with Gasteiger partial charge in [-0.1, -0.05) is 122 Å². The highest BCUT2D eigenvalue weighted by Crippen LogP contribution is 2.58. The van der Waals surface area contributed by atoms with Gasteiger partial charge < -0.3 is 5.73 Å². The van der Waals surface area contributed by atoms with Crippen molar-refractivity contribution in [2.45, 2.75) is 22.5 Å². The Bertz CT molecular complexity index is 2070. The Kier molecular flexibility index (Phi) is 5.10. The van der Waals surface area contributed by atoms with Crippen LogP contribution in [0.4, 0.5) is 5.69 Å². The van der Waals surface area contributed by atoms with Crippen molar-refractivity contribution in [3.05, 3.63) is 144 Å². The van der Waals surface area contributed by atoms with Crippen LogP contribution >= 0.6 is 11.8 Å². The molecule has 192 valence electrons. The molecular formula is C36H27N3S. The number of rotatable bonds is 3. The van der Waals surface area contributed by atoms with Crippen molar-refractivity contribution in [3.63, 3.8) is 0 Å². The first kappa shape index (κ1) is 23.4. The quantitative estimate of drug-likeness (QED) is 0.183. The Hall–Kier alpha value is -4.54. The summed E-state index contributed by atoms with van der Waals surface area (Å²) in [5.74, 6) is 0. The van der Waals surface area contributed by atoms with Crippen molar-refractivity contribution in [3.8, 4) is 0 Å². The SMILES string of the molecule is CC12C=CC=CC1Sc1c2c2c3ccccc3n(N=C(c3ccccc3)c3ccccc3N)c2c2ccccc12. The molecule has 2 N–H and O–H groups in total. The molecule has 40 heavy (non-hydrogen) atoms. The fraction of sp³-hybridized carbons (Fsp3) is 0.0833. The topological polar surface area (TPSA) is 43.3 Å². The van der Waals surface area contributed by atoms with E-state index in [1.165, 1.54) is 32.0 Å². The van der Waals surface area contributed by atoms with Gasteiger partial charge in [-0.2, -0.15) is 5.10 Å². The molecule has 0 fully saturated rings. The number of para-hydroxylation sites is 2. The highest BCUT2D eigenvalue weighted by atomic mass is 32.2. The number of hydrogen-bond donors (Lipinski definition) is 1. The van der Waals surface area contributed by atoms with E-state index in [1.54, 1.807) is 0 Å². The number of anilines is 1. The summed E-state index contributed by atoms with van der Waals surface area (Å²) in [5.41, 5.74) is 13.6. The second-order valence-corrected chi connectivity index (χ2v) is 11.9. The van der Waals surface area contributed by atoms with E-state index in [4.69, 9.17) is 10.8 Å². The first-order valence-electron chi connectivity index (χ1n) is 13.7. The van der Waals surface area contributed by atoms with Crippen molar-refractivity contribution in [1.29, 1.82) is 0 Å². The Balaban J connectivity index is 1.57. The van der Waals surface area contributed by atoms with Crippen LogP contribution in [0.5, 0.6) is 0 Å². The standard InChI is InChI=1S/C36H27N3S/c1-36-22-12-11-21-30(36)40-35-25-16-6-5-15-24(25)34-31(32(35)36)27-18-8-10-20-29(27)39(34)38-33(23-13-3-2-4-14-23)26-17-7-9-19-28(26)37/h2-22,30H,37H2,1H3. The number of nitrogens with zero attached hydrogens (tertiary/aromatic N) is 2. The molecule has 1 aliphatic heterocycles. The molecule has 0 radical (unpaired) electrons. The minimum absolute atomic E-state index is 0.109. The number of fused-ring (bicyclic) bond motifs is 10. The molecule has 1 aliphatic carbocycles. The lowest BCUT2D eigenvalue weighted by molar-refractivity contribution is 0.627. The van der Waals surface area contributed by atoms with Gasteiger partial charge in [0.15, 0.2) is 0 Å². The number of aromatic nitrogens is 1. The summed E-state index contributed by atoms with van der Waals surface area (Å²) in [6.45, 7) is 2.39. The van der Waals surface area contributed by atoms with Crippen LogP contribution in [0.2, 0.25) is 0 Å². The van der Waals surface area contributed by atoms with Crippen molar-refractivity contribution >= 4 is 55.7 Å². The number of allylic oxidation sites excluding steroid dienone is 3. The predicted molar refractivity (Wildman–Crippen MR) is 171 cm³/mol. The number of benzene rings is 5. The average molecular weight is 534 g/mol. The van der Waals surface area contributed by atoms with Crippen LogP contribution in [0, 0.1) is 0 Å². The van der Waals surface area contributed by atoms with Crippen LogP contribution in [0.25, 0.3) is 32.6 Å². The number of thioether (sulfide) groups is 1. The van der Waals surface area contributed by atoms with Gasteiger partial charge in [0, 0.05) is 48.5 Å². The van der Waals surface area contributed by atoms with Crippen LogP contribution < -0.4 is 5.73 Å². The Morgan fingerprint density at radius 3 is 2.33 bits per heavy atom. The van der Waals surface area contributed by atoms with E-state index in [1.807, 2.05) is 36.0 Å². The van der Waals surface area contributed by atoms with E-state index in [0.717, 1.165) is 27.9 Å². The smallest absolute Gasteiger partial charge is 0.100 e. The maximum Gasteiger partial charge on any atom is 0.100 e. The average Bonchev–Trinajstić information content (AvgIpc) is 3.49. The molecule has 5 aromatic carbocycles. The van der Waals surface area contributed by atoms with Crippen LogP contribution in [0.1, 0.15) is 23.6 Å². The molecule has 2 heterocycles. The van der Waals surface area contributed by atoms with E-state index in [0.29, 0.717) is 10.9 Å². The van der Waals surface area contributed by atoms with Crippen molar-refractivity contribution in [2.75, 3.05) is 5.73 Å². The molecule has 1 aromatic heterocycles. The summed E-state index contributed by atoms with van der Waals surface area (Å²) >= 11 is 1.99. The molecule has 0 bridgehead atoms. The third-order valence-corrected chi connectivity index (χ3v) is 9.99. The van der Waals surface area contributed by atoms with Crippen LogP contribution in [0.3, 0.4) is 0 Å². The second-order valence-electron chi connectivity index (χ2n) is 10.8. The Morgan fingerprint density at radius 2 is 1.50 bits per heavy atom. The lowest BCUT2D eigenvalue weighted by atomic mass is 9.75. The van der Waals surface area contributed by atoms with Crippen molar-refractivity contribution in [2.24, 2.45) is 5.10 Å². The molecule has 6 aromatic rings. The molecule has 0 saturated carbocycles. The fourth-order valence-corrected chi connectivity index (χ4v) is 8.12. The molecule has 2 aliphatic rings. The van der Waals surface area contributed by atoms with Crippen molar-refractivity contribution < 1.29 is 0 Å². The van der Waals surface area contributed by atoms with Crippen LogP contribution in [-0.4, -0.2) is 15.6 Å². The normalized spacial score (nSPS) is 19.9. The third-order valence-electron chi connectivity index (χ3n) is 8.43. The van der Waals surface area contributed by atoms with Gasteiger partial charge in [-0.3, -0.25) is 0 Å². The van der Waals surface area contributed by atoms with Gasteiger partial charge in [0.05, 0.1) is 11.0 Å². The maximum atomic E-state index is 6.56. The molecular weight excluding hydrogens is 506 g/mol. The third kappa shape index (κ3) is 3.23. The molecule has 2 atom stereocenters.